The minimum Gasteiger partial charge on any atom is -0.275 e. The molecule has 0 aliphatic heterocycles. The molecule has 0 fully saturated rings. The number of hydrogen-bond acceptors (Lipinski definition) is 2. The second-order valence-electron chi connectivity index (χ2n) is 27.7. The number of benzene rings is 18. The molecule has 0 unspecified atom stereocenters. The molecule has 0 amide bonds. The largest absolute Gasteiger partial charge is 0.275 e. The van der Waals surface area contributed by atoms with Crippen molar-refractivity contribution in [1.29, 1.82) is 0 Å². The van der Waals surface area contributed by atoms with E-state index >= 15 is 4.79 Å². The van der Waals surface area contributed by atoms with E-state index in [1.165, 1.54) is 70.2 Å². The zero-order valence-electron chi connectivity index (χ0n) is 55.0. The van der Waals surface area contributed by atoms with E-state index in [9.17, 15) is 4.79 Å². The Bertz CT molecular complexity index is 7490. The van der Waals surface area contributed by atoms with Crippen LogP contribution in [0.15, 0.2) is 349 Å². The van der Waals surface area contributed by atoms with Crippen molar-refractivity contribution in [3.05, 3.63) is 360 Å². The molecular formula is C98H56N2O2. The second-order valence-corrected chi connectivity index (χ2v) is 27.7. The van der Waals surface area contributed by atoms with Gasteiger partial charge in [-0.15, -0.1) is 0 Å². The summed E-state index contributed by atoms with van der Waals surface area (Å²) in [7, 11) is 0. The summed E-state index contributed by atoms with van der Waals surface area (Å²) in [5.74, 6) is 0. The number of pyridine rings is 2. The predicted octanol–water partition coefficient (Wildman–Crippen LogP) is 25.3. The number of rotatable bonds is 7. The number of aromatic nitrogens is 2. The van der Waals surface area contributed by atoms with E-state index in [1.54, 1.807) is 0 Å². The lowest BCUT2D eigenvalue weighted by Crippen LogP contribution is -2.13. The Morgan fingerprint density at radius 3 is 0.863 bits per heavy atom. The number of fused-ring (bicyclic) bond motifs is 22. The molecule has 0 aliphatic rings. The second kappa shape index (κ2) is 21.5. The molecule has 0 saturated carbocycles. The van der Waals surface area contributed by atoms with E-state index in [1.807, 2.05) is 27.0 Å². The van der Waals surface area contributed by atoms with Gasteiger partial charge in [-0.25, -0.2) is 0 Å². The SMILES string of the molecule is O=c1c2cc(-c3ccccc3-c3cccc(-c4cc5c6ccccc6c(=O)n6c7ccc(-c8cccc(-c9ccc%10c%11ccccc%11c%11ccccc%11c%10c9)c8)cc7c(c4)c56)c3)ccc2c2cccc3c4cc(-c5cccc(-c6ccc7c8ccccc8c8ccccc8c7c6)c5)ccc4n1c23. The first-order valence-electron chi connectivity index (χ1n) is 35.0. The van der Waals surface area contributed by atoms with Crippen molar-refractivity contribution < 1.29 is 0 Å². The summed E-state index contributed by atoms with van der Waals surface area (Å²) in [6, 6.07) is 123. The average Bonchev–Trinajstić information content (AvgIpc) is 1.36. The third-order valence-corrected chi connectivity index (χ3v) is 22.3. The van der Waals surface area contributed by atoms with Crippen LogP contribution in [0.1, 0.15) is 0 Å². The maximum absolute atomic E-state index is 15.4. The third kappa shape index (κ3) is 8.20. The molecule has 4 nitrogen and oxygen atoms in total. The van der Waals surface area contributed by atoms with Crippen LogP contribution in [0.2, 0.25) is 0 Å². The molecule has 0 atom stereocenters. The lowest BCUT2D eigenvalue weighted by Gasteiger charge is -2.14. The van der Waals surface area contributed by atoms with Gasteiger partial charge in [0.05, 0.1) is 22.1 Å². The average molecular weight is 1290 g/mol. The molecule has 0 bridgehead atoms. The van der Waals surface area contributed by atoms with Gasteiger partial charge in [-0.1, -0.05) is 261 Å². The highest BCUT2D eigenvalue weighted by Gasteiger charge is 2.23. The van der Waals surface area contributed by atoms with Crippen LogP contribution in [0.25, 0.3) is 218 Å². The van der Waals surface area contributed by atoms with Crippen LogP contribution in [-0.4, -0.2) is 8.80 Å². The molecule has 0 saturated heterocycles. The highest BCUT2D eigenvalue weighted by Crippen LogP contribution is 2.46. The molecule has 4 aromatic heterocycles. The first-order valence-corrected chi connectivity index (χ1v) is 35.0. The van der Waals surface area contributed by atoms with E-state index in [4.69, 9.17) is 0 Å². The maximum atomic E-state index is 15.4. The molecule has 4 heteroatoms. The van der Waals surface area contributed by atoms with Crippen molar-refractivity contribution in [3.63, 3.8) is 0 Å². The van der Waals surface area contributed by atoms with Crippen molar-refractivity contribution in [1.82, 2.24) is 8.80 Å². The quantitative estimate of drug-likeness (QED) is 0.149. The molecule has 18 aromatic carbocycles. The first kappa shape index (κ1) is 56.5. The summed E-state index contributed by atoms with van der Waals surface area (Å²) in [4.78, 5) is 30.3. The third-order valence-electron chi connectivity index (χ3n) is 22.3. The summed E-state index contributed by atoms with van der Waals surface area (Å²) in [6.45, 7) is 0. The summed E-state index contributed by atoms with van der Waals surface area (Å²) in [5, 5.41) is 24.5. The maximum Gasteiger partial charge on any atom is 0.263 e. The lowest BCUT2D eigenvalue weighted by atomic mass is 9.90. The highest BCUT2D eigenvalue weighted by atomic mass is 16.1. The van der Waals surface area contributed by atoms with Crippen LogP contribution >= 0.6 is 0 Å². The van der Waals surface area contributed by atoms with Crippen molar-refractivity contribution >= 4 is 141 Å². The van der Waals surface area contributed by atoms with Crippen LogP contribution in [0.3, 0.4) is 0 Å². The van der Waals surface area contributed by atoms with E-state index in [0.29, 0.717) is 10.8 Å². The summed E-state index contributed by atoms with van der Waals surface area (Å²) < 4.78 is 3.89. The van der Waals surface area contributed by atoms with Gasteiger partial charge in [-0.3, -0.25) is 18.4 Å². The Kier molecular flexibility index (Phi) is 11.9. The fraction of sp³-hybridized carbons (Fsp3) is 0. The van der Waals surface area contributed by atoms with Gasteiger partial charge in [0.2, 0.25) is 0 Å². The van der Waals surface area contributed by atoms with Crippen LogP contribution in [0.5, 0.6) is 0 Å². The Morgan fingerprint density at radius 1 is 0.147 bits per heavy atom. The van der Waals surface area contributed by atoms with Crippen molar-refractivity contribution in [2.75, 3.05) is 0 Å². The fourth-order valence-electron chi connectivity index (χ4n) is 17.6. The number of para-hydroxylation sites is 1. The lowest BCUT2D eigenvalue weighted by molar-refractivity contribution is 1.21. The van der Waals surface area contributed by atoms with Gasteiger partial charge in [0.1, 0.15) is 0 Å². The van der Waals surface area contributed by atoms with E-state index in [0.717, 1.165) is 137 Å². The Labute approximate surface area is 584 Å². The molecule has 22 aromatic rings. The Balaban J connectivity index is 0.630. The summed E-state index contributed by atoms with van der Waals surface area (Å²) in [5.41, 5.74) is 18.8. The molecule has 4 heterocycles. The molecular weight excluding hydrogens is 1240 g/mol. The van der Waals surface area contributed by atoms with Gasteiger partial charge in [0.25, 0.3) is 11.1 Å². The molecule has 0 radical (unpaired) electrons. The standard InChI is InChI=1S/C98H56N2O2/c101-97-85-34-12-11-33-79(85)90-55-68(56-91-89-53-65(41-46-94(89)100(97)96(90)91)60-20-14-18-58(48-60)63-38-43-81-76-30-6-4-26-72(76)74-28-8-10-32-78(74)87(81)51-63)61-21-15-22-66(49-61)69-23-1-2-24-70(69)67-39-44-82-83-35-16-36-84-88-52-64(40-45-93(88)99(95(83)84)98(102)92(82)54-67)59-19-13-17-57(47-59)62-37-42-80-75-29-5-3-25-71(75)73-27-7-9-31-77(73)86(80)50-62/h1-56H. The van der Waals surface area contributed by atoms with Gasteiger partial charge in [0.15, 0.2) is 0 Å². The summed E-state index contributed by atoms with van der Waals surface area (Å²) >= 11 is 0. The van der Waals surface area contributed by atoms with E-state index < -0.39 is 0 Å². The van der Waals surface area contributed by atoms with Crippen molar-refractivity contribution in [2.45, 2.75) is 0 Å². The first-order chi connectivity index (χ1) is 50.4. The fourth-order valence-corrected chi connectivity index (χ4v) is 17.6. The Morgan fingerprint density at radius 2 is 0.392 bits per heavy atom. The molecule has 470 valence electrons. The van der Waals surface area contributed by atoms with Gasteiger partial charge in [-0.05, 0) is 232 Å². The smallest absolute Gasteiger partial charge is 0.263 e. The summed E-state index contributed by atoms with van der Waals surface area (Å²) in [6.07, 6.45) is 0. The Hall–Kier alpha value is -13.5. The topological polar surface area (TPSA) is 43.0 Å². The molecule has 102 heavy (non-hydrogen) atoms. The molecule has 0 N–H and O–H groups in total. The number of nitrogens with zero attached hydrogens (tertiary/aromatic N) is 2. The van der Waals surface area contributed by atoms with E-state index in [-0.39, 0.29) is 11.1 Å². The van der Waals surface area contributed by atoms with Gasteiger partial charge in [-0.2, -0.15) is 0 Å². The van der Waals surface area contributed by atoms with Crippen molar-refractivity contribution in [3.8, 4) is 77.9 Å². The van der Waals surface area contributed by atoms with Gasteiger partial charge >= 0.3 is 0 Å². The van der Waals surface area contributed by atoms with Crippen LogP contribution in [-0.2, 0) is 0 Å². The number of hydrogen-bond donors (Lipinski definition) is 0. The molecule has 0 spiro atoms. The molecule has 0 aliphatic carbocycles. The van der Waals surface area contributed by atoms with Gasteiger partial charge < -0.3 is 0 Å². The van der Waals surface area contributed by atoms with Crippen molar-refractivity contribution in [2.24, 2.45) is 0 Å². The van der Waals surface area contributed by atoms with E-state index in [2.05, 4.69) is 322 Å². The molecule has 22 rings (SSSR count). The van der Waals surface area contributed by atoms with Gasteiger partial charge in [0, 0.05) is 43.1 Å². The minimum atomic E-state index is -0.0371. The normalized spacial score (nSPS) is 12.2. The highest BCUT2D eigenvalue weighted by molar-refractivity contribution is 6.28. The predicted molar refractivity (Wildman–Crippen MR) is 431 cm³/mol. The minimum absolute atomic E-state index is 0.0213. The van der Waals surface area contributed by atoms with Crippen LogP contribution in [0.4, 0.5) is 0 Å². The van der Waals surface area contributed by atoms with Crippen LogP contribution < -0.4 is 11.1 Å². The monoisotopic (exact) mass is 1290 g/mol. The zero-order chi connectivity index (χ0) is 67.0. The zero-order valence-corrected chi connectivity index (χ0v) is 55.0. The van der Waals surface area contributed by atoms with Crippen LogP contribution in [0, 0.1) is 0 Å².